The number of nitro benzene ring substituents is 1. The SMILES string of the molecule is CN(C(=O)C(=[N+]=[N-])c1ccc([N+](=O)[O-])cc1)C(=O)c1ccc(Br)cc1. The number of hydrogen-bond acceptors (Lipinski definition) is 4. The smallest absolute Gasteiger partial charge is 0.361 e. The Morgan fingerprint density at radius 1 is 1.08 bits per heavy atom. The quantitative estimate of drug-likeness (QED) is 0.256. The second kappa shape index (κ2) is 7.61. The fourth-order valence-electron chi connectivity index (χ4n) is 2.00. The number of benzene rings is 2. The number of amides is 2. The maximum absolute atomic E-state index is 12.4. The van der Waals surface area contributed by atoms with Gasteiger partial charge in [0.05, 0.1) is 10.5 Å². The highest BCUT2D eigenvalue weighted by Gasteiger charge is 2.30. The molecule has 0 bridgehead atoms. The molecule has 0 spiro atoms. The van der Waals surface area contributed by atoms with Crippen LogP contribution in [-0.2, 0) is 4.79 Å². The van der Waals surface area contributed by atoms with Crippen LogP contribution in [0.25, 0.3) is 5.53 Å². The van der Waals surface area contributed by atoms with Crippen LogP contribution in [0.4, 0.5) is 5.69 Å². The van der Waals surface area contributed by atoms with Crippen LogP contribution in [0.2, 0.25) is 0 Å². The molecule has 0 aliphatic carbocycles. The van der Waals surface area contributed by atoms with E-state index in [4.69, 9.17) is 5.53 Å². The summed E-state index contributed by atoms with van der Waals surface area (Å²) in [5.41, 5.74) is 9.01. The summed E-state index contributed by atoms with van der Waals surface area (Å²) in [6.45, 7) is 0. The highest BCUT2D eigenvalue weighted by atomic mass is 79.9. The lowest BCUT2D eigenvalue weighted by atomic mass is 10.1. The number of carbonyl (C=O) groups excluding carboxylic acids is 2. The number of nitro groups is 1. The molecule has 0 heterocycles. The van der Waals surface area contributed by atoms with E-state index in [-0.39, 0.29) is 16.8 Å². The normalized spacial score (nSPS) is 9.84. The minimum absolute atomic E-state index is 0.147. The molecule has 8 nitrogen and oxygen atoms in total. The Labute approximate surface area is 150 Å². The van der Waals surface area contributed by atoms with Crippen molar-refractivity contribution in [3.8, 4) is 0 Å². The number of rotatable bonds is 4. The lowest BCUT2D eigenvalue weighted by Gasteiger charge is -2.13. The van der Waals surface area contributed by atoms with E-state index in [1.807, 2.05) is 0 Å². The molecule has 2 aromatic carbocycles. The predicted molar refractivity (Wildman–Crippen MR) is 92.1 cm³/mol. The van der Waals surface area contributed by atoms with Crippen LogP contribution >= 0.6 is 15.9 Å². The molecule has 0 saturated heterocycles. The van der Waals surface area contributed by atoms with Gasteiger partial charge >= 0.3 is 11.6 Å². The molecule has 0 aliphatic heterocycles. The van der Waals surface area contributed by atoms with Gasteiger partial charge < -0.3 is 5.53 Å². The zero-order valence-electron chi connectivity index (χ0n) is 12.9. The van der Waals surface area contributed by atoms with Crippen LogP contribution in [0.15, 0.2) is 53.0 Å². The molecule has 0 radical (unpaired) electrons. The highest BCUT2D eigenvalue weighted by Crippen LogP contribution is 2.15. The van der Waals surface area contributed by atoms with Gasteiger partial charge in [-0.05, 0) is 36.4 Å². The van der Waals surface area contributed by atoms with Crippen molar-refractivity contribution in [2.24, 2.45) is 0 Å². The molecular formula is C16H11BrN4O4. The van der Waals surface area contributed by atoms with E-state index in [1.54, 1.807) is 12.1 Å². The minimum atomic E-state index is -0.843. The Morgan fingerprint density at radius 2 is 1.60 bits per heavy atom. The molecular weight excluding hydrogens is 392 g/mol. The van der Waals surface area contributed by atoms with Gasteiger partial charge in [0.15, 0.2) is 0 Å². The first-order chi connectivity index (χ1) is 11.8. The largest absolute Gasteiger partial charge is 0.387 e. The Hall–Kier alpha value is -3.16. The molecule has 0 atom stereocenters. The zero-order chi connectivity index (χ0) is 18.6. The van der Waals surface area contributed by atoms with Crippen LogP contribution in [0.1, 0.15) is 15.9 Å². The second-order valence-electron chi connectivity index (χ2n) is 4.93. The summed E-state index contributed by atoms with van der Waals surface area (Å²) in [5.74, 6) is -1.43. The summed E-state index contributed by atoms with van der Waals surface area (Å²) in [6.07, 6.45) is 0. The molecule has 0 N–H and O–H groups in total. The van der Waals surface area contributed by atoms with E-state index in [1.165, 1.54) is 43.4 Å². The molecule has 0 unspecified atom stereocenters. The van der Waals surface area contributed by atoms with Crippen LogP contribution in [0.5, 0.6) is 0 Å². The fourth-order valence-corrected chi connectivity index (χ4v) is 2.27. The monoisotopic (exact) mass is 402 g/mol. The molecule has 0 aromatic heterocycles. The molecule has 25 heavy (non-hydrogen) atoms. The Bertz CT molecular complexity index is 887. The van der Waals surface area contributed by atoms with E-state index < -0.39 is 22.4 Å². The van der Waals surface area contributed by atoms with Crippen molar-refractivity contribution in [1.29, 1.82) is 0 Å². The van der Waals surface area contributed by atoms with E-state index in [0.717, 1.165) is 9.37 Å². The standard InChI is InChI=1S/C16H11BrN4O4/c1-20(15(22)11-2-6-12(17)7-3-11)16(23)14(19-18)10-4-8-13(9-5-10)21(24)25/h2-9H,1H3. The summed E-state index contributed by atoms with van der Waals surface area (Å²) < 4.78 is 0.779. The summed E-state index contributed by atoms with van der Waals surface area (Å²) >= 11 is 3.25. The third kappa shape index (κ3) is 4.03. The van der Waals surface area contributed by atoms with Crippen LogP contribution in [0, 0.1) is 10.1 Å². The molecule has 2 rings (SSSR count). The summed E-state index contributed by atoms with van der Waals surface area (Å²) in [4.78, 5) is 38.6. The first kappa shape index (κ1) is 18.2. The van der Waals surface area contributed by atoms with Crippen molar-refractivity contribution < 1.29 is 19.3 Å². The molecule has 126 valence electrons. The molecule has 9 heteroatoms. The van der Waals surface area contributed by atoms with Crippen molar-refractivity contribution in [3.63, 3.8) is 0 Å². The third-order valence-electron chi connectivity index (χ3n) is 3.35. The maximum atomic E-state index is 12.4. The number of non-ortho nitro benzene ring substituents is 1. The fraction of sp³-hybridized carbons (Fsp3) is 0.0625. The topological polar surface area (TPSA) is 117 Å². The lowest BCUT2D eigenvalue weighted by molar-refractivity contribution is -0.384. The van der Waals surface area contributed by atoms with Gasteiger partial charge in [-0.25, -0.2) is 0 Å². The molecule has 0 saturated carbocycles. The first-order valence-electron chi connectivity index (χ1n) is 6.90. The third-order valence-corrected chi connectivity index (χ3v) is 3.88. The number of halogens is 1. The van der Waals surface area contributed by atoms with Crippen molar-refractivity contribution in [2.75, 3.05) is 7.05 Å². The molecule has 2 amide bonds. The number of imide groups is 1. The van der Waals surface area contributed by atoms with Crippen LogP contribution < -0.4 is 0 Å². The number of carbonyl (C=O) groups is 2. The van der Waals surface area contributed by atoms with Gasteiger partial charge in [0.1, 0.15) is 0 Å². The highest BCUT2D eigenvalue weighted by molar-refractivity contribution is 9.10. The lowest BCUT2D eigenvalue weighted by Crippen LogP contribution is -2.39. The van der Waals surface area contributed by atoms with Gasteiger partial charge in [-0.3, -0.25) is 24.6 Å². The maximum Gasteiger partial charge on any atom is 0.387 e. The second-order valence-corrected chi connectivity index (χ2v) is 5.84. The number of hydrogen-bond donors (Lipinski definition) is 0. The summed E-state index contributed by atoms with van der Waals surface area (Å²) in [5, 5.41) is 10.7. The van der Waals surface area contributed by atoms with Gasteiger partial charge in [-0.15, -0.1) is 0 Å². The van der Waals surface area contributed by atoms with E-state index in [2.05, 4.69) is 20.7 Å². The van der Waals surface area contributed by atoms with Crippen molar-refractivity contribution in [3.05, 3.63) is 79.8 Å². The first-order valence-corrected chi connectivity index (χ1v) is 7.69. The van der Waals surface area contributed by atoms with Gasteiger partial charge in [0, 0.05) is 29.2 Å². The average Bonchev–Trinajstić information content (AvgIpc) is 2.62. The van der Waals surface area contributed by atoms with E-state index in [0.29, 0.717) is 0 Å². The van der Waals surface area contributed by atoms with Gasteiger partial charge in [0.25, 0.3) is 11.6 Å². The minimum Gasteiger partial charge on any atom is -0.361 e. The number of likely N-dealkylation sites (N-methyl/N-ethyl adjacent to an activating group) is 1. The van der Waals surface area contributed by atoms with Gasteiger partial charge in [-0.1, -0.05) is 15.9 Å². The number of nitrogens with zero attached hydrogens (tertiary/aromatic N) is 4. The Morgan fingerprint density at radius 3 is 2.08 bits per heavy atom. The van der Waals surface area contributed by atoms with Crippen molar-refractivity contribution in [2.45, 2.75) is 0 Å². The Kier molecular flexibility index (Phi) is 5.53. The average molecular weight is 403 g/mol. The van der Waals surface area contributed by atoms with Crippen molar-refractivity contribution in [1.82, 2.24) is 4.90 Å². The molecule has 2 aromatic rings. The summed E-state index contributed by atoms with van der Waals surface area (Å²) in [6, 6.07) is 11.3. The summed E-state index contributed by atoms with van der Waals surface area (Å²) in [7, 11) is 1.25. The van der Waals surface area contributed by atoms with Gasteiger partial charge in [0.2, 0.25) is 0 Å². The van der Waals surface area contributed by atoms with Crippen LogP contribution in [-0.4, -0.2) is 39.2 Å². The Balaban J connectivity index is 2.26. The van der Waals surface area contributed by atoms with Crippen molar-refractivity contribution >= 4 is 39.1 Å². The molecule has 0 aliphatic rings. The van der Waals surface area contributed by atoms with E-state index in [9.17, 15) is 19.7 Å². The predicted octanol–water partition coefficient (Wildman–Crippen LogP) is 2.68. The zero-order valence-corrected chi connectivity index (χ0v) is 14.5. The van der Waals surface area contributed by atoms with Crippen LogP contribution in [0.3, 0.4) is 0 Å². The van der Waals surface area contributed by atoms with Gasteiger partial charge in [-0.2, -0.15) is 4.79 Å². The van der Waals surface area contributed by atoms with E-state index >= 15 is 0 Å². The molecule has 0 fully saturated rings.